The molecule has 0 aliphatic carbocycles. The van der Waals surface area contributed by atoms with E-state index in [9.17, 15) is 9.90 Å². The van der Waals surface area contributed by atoms with Gasteiger partial charge in [-0.2, -0.15) is 0 Å². The van der Waals surface area contributed by atoms with Gasteiger partial charge in [0.1, 0.15) is 6.10 Å². The van der Waals surface area contributed by atoms with Crippen molar-refractivity contribution in [1.82, 2.24) is 0 Å². The second kappa shape index (κ2) is 17.4. The highest BCUT2D eigenvalue weighted by molar-refractivity contribution is 5.66. The minimum absolute atomic E-state index is 0.214. The topological polar surface area (TPSA) is 87.0 Å². The summed E-state index contributed by atoms with van der Waals surface area (Å²) in [6, 6.07) is 0. The number of hydrogen-bond donors (Lipinski definition) is 3. The standard InChI is InChI=1S/C20H34O5/c1-2-3-8-13-18(21)14-9-4-5-10-15-19(25-24)16-11-6-7-12-17-20(22)23/h4-5,9-10,14-15,18-19,21,24H,2-3,6-8,11-13,16-17H2,1H3,(H,22,23)/b5-4-,14-9+,15-10+/t18-,19+/m0/s1. The maximum absolute atomic E-state index is 10.4. The molecular formula is C20H34O5. The molecule has 0 aromatic heterocycles. The predicted octanol–water partition coefficient (Wildman–Crippen LogP) is 4.88. The van der Waals surface area contributed by atoms with Gasteiger partial charge in [0.15, 0.2) is 0 Å². The second-order valence-corrected chi connectivity index (χ2v) is 6.21. The molecule has 0 aliphatic heterocycles. The molecule has 0 aliphatic rings. The maximum Gasteiger partial charge on any atom is 0.303 e. The fourth-order valence-electron chi connectivity index (χ4n) is 2.37. The Bertz CT molecular complexity index is 401. The first-order valence-corrected chi connectivity index (χ1v) is 9.31. The number of allylic oxidation sites excluding steroid dienone is 4. The molecule has 0 fully saturated rings. The Labute approximate surface area is 151 Å². The van der Waals surface area contributed by atoms with Crippen molar-refractivity contribution in [2.45, 2.75) is 83.3 Å². The fraction of sp³-hybridized carbons (Fsp3) is 0.650. The summed E-state index contributed by atoms with van der Waals surface area (Å²) in [6.45, 7) is 2.14. The zero-order valence-corrected chi connectivity index (χ0v) is 15.3. The van der Waals surface area contributed by atoms with Crippen molar-refractivity contribution in [2.24, 2.45) is 0 Å². The highest BCUT2D eigenvalue weighted by Crippen LogP contribution is 2.10. The Kier molecular flexibility index (Phi) is 16.4. The number of aliphatic hydroxyl groups is 1. The van der Waals surface area contributed by atoms with Crippen molar-refractivity contribution in [3.63, 3.8) is 0 Å². The van der Waals surface area contributed by atoms with Gasteiger partial charge < -0.3 is 10.2 Å². The molecule has 25 heavy (non-hydrogen) atoms. The maximum atomic E-state index is 10.4. The molecule has 0 saturated heterocycles. The van der Waals surface area contributed by atoms with Crippen LogP contribution in [0.2, 0.25) is 0 Å². The van der Waals surface area contributed by atoms with Crippen LogP contribution in [-0.4, -0.2) is 33.6 Å². The molecule has 0 saturated carbocycles. The lowest BCUT2D eigenvalue weighted by Crippen LogP contribution is -2.06. The minimum atomic E-state index is -0.756. The first kappa shape index (κ1) is 23.6. The number of rotatable bonds is 16. The monoisotopic (exact) mass is 354 g/mol. The quantitative estimate of drug-likeness (QED) is 0.159. The molecule has 0 bridgehead atoms. The highest BCUT2D eigenvalue weighted by atomic mass is 17.1. The summed E-state index contributed by atoms with van der Waals surface area (Å²) in [7, 11) is 0. The number of carboxylic acids is 1. The Balaban J connectivity index is 3.85. The van der Waals surface area contributed by atoms with E-state index >= 15 is 0 Å². The van der Waals surface area contributed by atoms with Crippen molar-refractivity contribution in [3.8, 4) is 0 Å². The molecule has 0 radical (unpaired) electrons. The van der Waals surface area contributed by atoms with Gasteiger partial charge in [-0.05, 0) is 19.3 Å². The lowest BCUT2D eigenvalue weighted by molar-refractivity contribution is -0.267. The lowest BCUT2D eigenvalue weighted by Gasteiger charge is -2.07. The van der Waals surface area contributed by atoms with Gasteiger partial charge in [0.05, 0.1) is 6.10 Å². The zero-order chi connectivity index (χ0) is 18.8. The van der Waals surface area contributed by atoms with Gasteiger partial charge in [-0.3, -0.25) is 10.1 Å². The molecule has 5 heteroatoms. The molecule has 144 valence electrons. The normalized spacial score (nSPS) is 14.7. The summed E-state index contributed by atoms with van der Waals surface area (Å²) in [5.41, 5.74) is 0. The third-order valence-corrected chi connectivity index (χ3v) is 3.86. The second-order valence-electron chi connectivity index (χ2n) is 6.21. The summed E-state index contributed by atoms with van der Waals surface area (Å²) < 4.78 is 0. The van der Waals surface area contributed by atoms with Crippen molar-refractivity contribution >= 4 is 5.97 Å². The third kappa shape index (κ3) is 17.2. The van der Waals surface area contributed by atoms with Crippen LogP contribution in [0, 0.1) is 0 Å². The van der Waals surface area contributed by atoms with E-state index in [1.54, 1.807) is 18.2 Å². The smallest absolute Gasteiger partial charge is 0.303 e. The number of unbranched alkanes of at least 4 members (excludes halogenated alkanes) is 5. The van der Waals surface area contributed by atoms with Crippen molar-refractivity contribution in [2.75, 3.05) is 0 Å². The number of aliphatic carboxylic acids is 1. The Morgan fingerprint density at radius 3 is 2.20 bits per heavy atom. The van der Waals surface area contributed by atoms with Crippen molar-refractivity contribution in [1.29, 1.82) is 0 Å². The molecule has 0 amide bonds. The summed E-state index contributed by atoms with van der Waals surface area (Å²) in [4.78, 5) is 14.8. The van der Waals surface area contributed by atoms with Gasteiger partial charge in [0, 0.05) is 6.42 Å². The molecule has 3 N–H and O–H groups in total. The summed E-state index contributed by atoms with van der Waals surface area (Å²) in [5.74, 6) is -0.756. The van der Waals surface area contributed by atoms with E-state index in [4.69, 9.17) is 10.4 Å². The SMILES string of the molecule is CCCCC[C@H](O)/C=C/C=C\C=C\[C@H](CCCCCCC(=O)O)OO. The summed E-state index contributed by atoms with van der Waals surface area (Å²) >= 11 is 0. The van der Waals surface area contributed by atoms with Crippen LogP contribution >= 0.6 is 0 Å². The molecule has 0 aromatic carbocycles. The molecule has 0 rings (SSSR count). The van der Waals surface area contributed by atoms with Crippen LogP contribution < -0.4 is 0 Å². The Hall–Kier alpha value is -1.43. The lowest BCUT2D eigenvalue weighted by atomic mass is 10.1. The van der Waals surface area contributed by atoms with Crippen LogP contribution in [-0.2, 0) is 9.68 Å². The van der Waals surface area contributed by atoms with Crippen LogP contribution in [0.1, 0.15) is 71.1 Å². The summed E-state index contributed by atoms with van der Waals surface area (Å²) in [6.07, 6.45) is 18.5. The molecular weight excluding hydrogens is 320 g/mol. The molecule has 5 nitrogen and oxygen atoms in total. The molecule has 0 unspecified atom stereocenters. The van der Waals surface area contributed by atoms with Gasteiger partial charge in [-0.15, -0.1) is 0 Å². The molecule has 0 spiro atoms. The van der Waals surface area contributed by atoms with Crippen molar-refractivity contribution in [3.05, 3.63) is 36.5 Å². The minimum Gasteiger partial charge on any atom is -0.481 e. The zero-order valence-electron chi connectivity index (χ0n) is 15.3. The van der Waals surface area contributed by atoms with E-state index in [1.807, 2.05) is 18.2 Å². The van der Waals surface area contributed by atoms with Crippen LogP contribution in [0.25, 0.3) is 0 Å². The first-order valence-electron chi connectivity index (χ1n) is 9.31. The average molecular weight is 354 g/mol. The first-order chi connectivity index (χ1) is 12.1. The highest BCUT2D eigenvalue weighted by Gasteiger charge is 2.04. The number of carboxylic acid groups (broad SMARTS) is 1. The van der Waals surface area contributed by atoms with Gasteiger partial charge >= 0.3 is 5.97 Å². The molecule has 2 atom stereocenters. The van der Waals surface area contributed by atoms with Gasteiger partial charge in [-0.25, -0.2) is 4.89 Å². The van der Waals surface area contributed by atoms with E-state index in [-0.39, 0.29) is 12.5 Å². The average Bonchev–Trinajstić information content (AvgIpc) is 2.58. The largest absolute Gasteiger partial charge is 0.481 e. The molecule has 0 aromatic rings. The van der Waals surface area contributed by atoms with Crippen LogP contribution in [0.15, 0.2) is 36.5 Å². The van der Waals surface area contributed by atoms with E-state index in [2.05, 4.69) is 11.8 Å². The fourth-order valence-corrected chi connectivity index (χ4v) is 2.37. The number of aliphatic hydroxyl groups excluding tert-OH is 1. The summed E-state index contributed by atoms with van der Waals surface area (Å²) in [5, 5.41) is 27.1. The van der Waals surface area contributed by atoms with Crippen LogP contribution in [0.4, 0.5) is 0 Å². The number of carbonyl (C=O) groups is 1. The van der Waals surface area contributed by atoms with Gasteiger partial charge in [-0.1, -0.05) is 81.9 Å². The Morgan fingerprint density at radius 1 is 0.920 bits per heavy atom. The van der Waals surface area contributed by atoms with E-state index in [0.717, 1.165) is 44.9 Å². The Morgan fingerprint density at radius 2 is 1.56 bits per heavy atom. The van der Waals surface area contributed by atoms with E-state index < -0.39 is 12.1 Å². The third-order valence-electron chi connectivity index (χ3n) is 3.86. The van der Waals surface area contributed by atoms with Crippen LogP contribution in [0.5, 0.6) is 0 Å². The predicted molar refractivity (Wildman–Crippen MR) is 100 cm³/mol. The van der Waals surface area contributed by atoms with Gasteiger partial charge in [0.2, 0.25) is 0 Å². The van der Waals surface area contributed by atoms with Crippen molar-refractivity contribution < 1.29 is 25.2 Å². The van der Waals surface area contributed by atoms with Gasteiger partial charge in [0.25, 0.3) is 0 Å². The van der Waals surface area contributed by atoms with E-state index in [1.165, 1.54) is 0 Å². The molecule has 0 heterocycles. The van der Waals surface area contributed by atoms with Crippen LogP contribution in [0.3, 0.4) is 0 Å². The van der Waals surface area contributed by atoms with E-state index in [0.29, 0.717) is 12.8 Å². The number of hydrogen-bond acceptors (Lipinski definition) is 4.